The molecule has 1 aromatic carbocycles. The average molecular weight is 377 g/mol. The maximum absolute atomic E-state index is 12.0. The highest BCUT2D eigenvalue weighted by Gasteiger charge is 2.17. The third kappa shape index (κ3) is 5.05. The van der Waals surface area contributed by atoms with Crippen LogP contribution in [-0.2, 0) is 10.5 Å². The van der Waals surface area contributed by atoms with Crippen LogP contribution < -0.4 is 5.32 Å². The zero-order valence-corrected chi connectivity index (χ0v) is 16.3. The number of oxazole rings is 1. The van der Waals surface area contributed by atoms with Crippen molar-refractivity contribution in [1.82, 2.24) is 10.3 Å². The van der Waals surface area contributed by atoms with Gasteiger partial charge in [-0.15, -0.1) is 23.5 Å². The van der Waals surface area contributed by atoms with Gasteiger partial charge < -0.3 is 9.73 Å². The SMILES string of the molecule is CSc1ccc(-c2nc(CSCC(=O)NC3CCCC3)c(C)o2)cc1. The summed E-state index contributed by atoms with van der Waals surface area (Å²) in [7, 11) is 0. The van der Waals surface area contributed by atoms with Gasteiger partial charge in [0.15, 0.2) is 0 Å². The van der Waals surface area contributed by atoms with E-state index in [-0.39, 0.29) is 5.91 Å². The molecule has 0 unspecified atom stereocenters. The lowest BCUT2D eigenvalue weighted by Crippen LogP contribution is -2.33. The number of amides is 1. The number of carbonyl (C=O) groups excluding carboxylic acids is 1. The number of hydrogen-bond donors (Lipinski definition) is 1. The number of carbonyl (C=O) groups is 1. The van der Waals surface area contributed by atoms with Crippen LogP contribution in [0.25, 0.3) is 11.5 Å². The van der Waals surface area contributed by atoms with Crippen molar-refractivity contribution in [2.45, 2.75) is 49.3 Å². The van der Waals surface area contributed by atoms with Crippen molar-refractivity contribution >= 4 is 29.4 Å². The van der Waals surface area contributed by atoms with Gasteiger partial charge in [0.2, 0.25) is 11.8 Å². The zero-order valence-electron chi connectivity index (χ0n) is 14.7. The summed E-state index contributed by atoms with van der Waals surface area (Å²) < 4.78 is 5.81. The van der Waals surface area contributed by atoms with E-state index in [4.69, 9.17) is 4.42 Å². The third-order valence-electron chi connectivity index (χ3n) is 4.42. The minimum atomic E-state index is 0.130. The molecule has 2 aromatic rings. The van der Waals surface area contributed by atoms with Gasteiger partial charge in [0, 0.05) is 22.3 Å². The van der Waals surface area contributed by atoms with Crippen molar-refractivity contribution in [1.29, 1.82) is 0 Å². The number of hydrogen-bond acceptors (Lipinski definition) is 5. The number of rotatable bonds is 7. The Balaban J connectivity index is 1.52. The average Bonchev–Trinajstić information content (AvgIpc) is 3.25. The number of aromatic nitrogens is 1. The highest BCUT2D eigenvalue weighted by atomic mass is 32.2. The Labute approximate surface area is 157 Å². The van der Waals surface area contributed by atoms with E-state index < -0.39 is 0 Å². The van der Waals surface area contributed by atoms with Crippen LogP contribution in [0.1, 0.15) is 37.1 Å². The molecule has 6 heteroatoms. The first-order valence-corrected chi connectivity index (χ1v) is 11.0. The fourth-order valence-corrected chi connectivity index (χ4v) is 4.24. The molecule has 1 aliphatic carbocycles. The predicted molar refractivity (Wildman–Crippen MR) is 105 cm³/mol. The molecule has 4 nitrogen and oxygen atoms in total. The van der Waals surface area contributed by atoms with Gasteiger partial charge in [-0.25, -0.2) is 4.98 Å². The Bertz CT molecular complexity index is 707. The van der Waals surface area contributed by atoms with E-state index in [0.717, 1.165) is 29.9 Å². The molecule has 0 saturated heterocycles. The van der Waals surface area contributed by atoms with Gasteiger partial charge in [-0.3, -0.25) is 4.79 Å². The van der Waals surface area contributed by atoms with Crippen LogP contribution in [-0.4, -0.2) is 28.9 Å². The second kappa shape index (κ2) is 8.81. The second-order valence-electron chi connectivity index (χ2n) is 6.29. The van der Waals surface area contributed by atoms with Crippen LogP contribution in [0.15, 0.2) is 33.6 Å². The van der Waals surface area contributed by atoms with Crippen molar-refractivity contribution in [3.05, 3.63) is 35.7 Å². The van der Waals surface area contributed by atoms with Gasteiger partial charge in [-0.05, 0) is 50.3 Å². The number of nitrogens with one attached hydrogen (secondary N) is 1. The van der Waals surface area contributed by atoms with Crippen molar-refractivity contribution in [3.63, 3.8) is 0 Å². The quantitative estimate of drug-likeness (QED) is 0.712. The van der Waals surface area contributed by atoms with Gasteiger partial charge in [0.25, 0.3) is 0 Å². The van der Waals surface area contributed by atoms with Gasteiger partial charge in [-0.1, -0.05) is 12.8 Å². The maximum Gasteiger partial charge on any atom is 0.230 e. The number of thioether (sulfide) groups is 2. The van der Waals surface area contributed by atoms with Crippen molar-refractivity contribution in [2.24, 2.45) is 0 Å². The summed E-state index contributed by atoms with van der Waals surface area (Å²) >= 11 is 3.30. The summed E-state index contributed by atoms with van der Waals surface area (Å²) in [6.07, 6.45) is 6.77. The van der Waals surface area contributed by atoms with E-state index in [2.05, 4.69) is 28.7 Å². The summed E-state index contributed by atoms with van der Waals surface area (Å²) in [6.45, 7) is 1.93. The Morgan fingerprint density at radius 1 is 1.28 bits per heavy atom. The van der Waals surface area contributed by atoms with Crippen LogP contribution in [0.4, 0.5) is 0 Å². The molecular weight excluding hydrogens is 352 g/mol. The van der Waals surface area contributed by atoms with Crippen molar-refractivity contribution in [2.75, 3.05) is 12.0 Å². The molecule has 0 aliphatic heterocycles. The van der Waals surface area contributed by atoms with Gasteiger partial charge in [0.05, 0.1) is 11.4 Å². The van der Waals surface area contributed by atoms with E-state index in [1.165, 1.54) is 17.7 Å². The molecule has 1 amide bonds. The first-order valence-electron chi connectivity index (χ1n) is 8.63. The minimum Gasteiger partial charge on any atom is -0.441 e. The highest BCUT2D eigenvalue weighted by Crippen LogP contribution is 2.26. The molecule has 0 atom stereocenters. The second-order valence-corrected chi connectivity index (χ2v) is 8.16. The fourth-order valence-electron chi connectivity index (χ4n) is 3.00. The molecule has 1 heterocycles. The molecule has 0 spiro atoms. The summed E-state index contributed by atoms with van der Waals surface area (Å²) in [6, 6.07) is 8.59. The standard InChI is InChI=1S/C19H24N2O2S2/c1-13-17(11-25-12-18(22)20-15-5-3-4-6-15)21-19(23-13)14-7-9-16(24-2)10-8-14/h7-10,15H,3-6,11-12H2,1-2H3,(H,20,22). The van der Waals surface area contributed by atoms with E-state index in [9.17, 15) is 4.79 Å². The molecule has 1 aliphatic rings. The molecule has 1 aromatic heterocycles. The van der Waals surface area contributed by atoms with Crippen LogP contribution in [0.3, 0.4) is 0 Å². The Hall–Kier alpha value is -1.40. The smallest absolute Gasteiger partial charge is 0.230 e. The van der Waals surface area contributed by atoms with Gasteiger partial charge in [0.1, 0.15) is 5.76 Å². The summed E-state index contributed by atoms with van der Waals surface area (Å²) in [4.78, 5) is 17.8. The van der Waals surface area contributed by atoms with E-state index in [0.29, 0.717) is 23.4 Å². The zero-order chi connectivity index (χ0) is 17.6. The summed E-state index contributed by atoms with van der Waals surface area (Å²) in [5, 5.41) is 3.12. The lowest BCUT2D eigenvalue weighted by atomic mass is 10.2. The first kappa shape index (κ1) is 18.4. The van der Waals surface area contributed by atoms with Gasteiger partial charge >= 0.3 is 0 Å². The van der Waals surface area contributed by atoms with E-state index in [1.807, 2.05) is 19.1 Å². The van der Waals surface area contributed by atoms with E-state index >= 15 is 0 Å². The van der Waals surface area contributed by atoms with Crippen LogP contribution in [0.2, 0.25) is 0 Å². The lowest BCUT2D eigenvalue weighted by molar-refractivity contribution is -0.119. The summed E-state index contributed by atoms with van der Waals surface area (Å²) in [5.74, 6) is 2.77. The number of nitrogens with zero attached hydrogens (tertiary/aromatic N) is 1. The maximum atomic E-state index is 12.0. The monoisotopic (exact) mass is 376 g/mol. The third-order valence-corrected chi connectivity index (χ3v) is 6.11. The number of aryl methyl sites for hydroxylation is 1. The van der Waals surface area contributed by atoms with Crippen molar-refractivity contribution in [3.8, 4) is 11.5 Å². The largest absolute Gasteiger partial charge is 0.441 e. The fraction of sp³-hybridized carbons (Fsp3) is 0.474. The normalized spacial score (nSPS) is 14.8. The van der Waals surface area contributed by atoms with Gasteiger partial charge in [-0.2, -0.15) is 0 Å². The van der Waals surface area contributed by atoms with Crippen LogP contribution >= 0.6 is 23.5 Å². The Morgan fingerprint density at radius 2 is 2.00 bits per heavy atom. The molecule has 25 heavy (non-hydrogen) atoms. The molecule has 0 radical (unpaired) electrons. The predicted octanol–water partition coefficient (Wildman–Crippen LogP) is 4.66. The van der Waals surface area contributed by atoms with E-state index in [1.54, 1.807) is 23.5 Å². The molecule has 134 valence electrons. The molecule has 1 saturated carbocycles. The Kier molecular flexibility index (Phi) is 6.48. The molecule has 1 N–H and O–H groups in total. The number of benzene rings is 1. The van der Waals surface area contributed by atoms with Crippen molar-refractivity contribution < 1.29 is 9.21 Å². The lowest BCUT2D eigenvalue weighted by Gasteiger charge is -2.11. The summed E-state index contributed by atoms with van der Waals surface area (Å²) in [5.41, 5.74) is 1.90. The molecule has 1 fully saturated rings. The Morgan fingerprint density at radius 3 is 2.68 bits per heavy atom. The highest BCUT2D eigenvalue weighted by molar-refractivity contribution is 7.99. The molecular formula is C19H24N2O2S2. The molecule has 3 rings (SSSR count). The minimum absolute atomic E-state index is 0.130. The topological polar surface area (TPSA) is 55.1 Å². The van der Waals surface area contributed by atoms with Crippen LogP contribution in [0.5, 0.6) is 0 Å². The van der Waals surface area contributed by atoms with Crippen LogP contribution in [0, 0.1) is 6.92 Å². The molecule has 0 bridgehead atoms. The first-order chi connectivity index (χ1) is 12.2.